The van der Waals surface area contributed by atoms with Crippen LogP contribution in [0.4, 0.5) is 0 Å². The van der Waals surface area contributed by atoms with Crippen LogP contribution in [0.5, 0.6) is 5.75 Å². The highest BCUT2D eigenvalue weighted by Crippen LogP contribution is 2.36. The van der Waals surface area contributed by atoms with Gasteiger partial charge >= 0.3 is 0 Å². The van der Waals surface area contributed by atoms with E-state index in [1.54, 1.807) is 0 Å². The van der Waals surface area contributed by atoms with Gasteiger partial charge in [0.05, 0.1) is 6.61 Å². The van der Waals surface area contributed by atoms with Crippen molar-refractivity contribution in [3.8, 4) is 5.75 Å². The second-order valence-corrected chi connectivity index (χ2v) is 5.83. The number of hydrogen-bond acceptors (Lipinski definition) is 3. The lowest BCUT2D eigenvalue weighted by Gasteiger charge is -2.11. The summed E-state index contributed by atoms with van der Waals surface area (Å²) in [5.74, 6) is 1.36. The van der Waals surface area contributed by atoms with Crippen molar-refractivity contribution >= 4 is 5.91 Å². The average Bonchev–Trinajstić information content (AvgIpc) is 2.98. The fourth-order valence-electron chi connectivity index (χ4n) is 2.84. The lowest BCUT2D eigenvalue weighted by Crippen LogP contribution is -2.36. The Morgan fingerprint density at radius 2 is 2.00 bits per heavy atom. The average molecular weight is 310 g/mol. The maximum atomic E-state index is 11.3. The van der Waals surface area contributed by atoms with Crippen molar-refractivity contribution < 1.29 is 9.53 Å². The van der Waals surface area contributed by atoms with Gasteiger partial charge in [-0.2, -0.15) is 0 Å². The number of benzene rings is 2. The number of hydrazine groups is 1. The smallest absolute Gasteiger partial charge is 0.233 e. The van der Waals surface area contributed by atoms with Gasteiger partial charge in [-0.15, -0.1) is 0 Å². The summed E-state index contributed by atoms with van der Waals surface area (Å²) in [6, 6.07) is 16.7. The van der Waals surface area contributed by atoms with E-state index < -0.39 is 0 Å². The minimum atomic E-state index is -0.00329. The third kappa shape index (κ3) is 3.90. The molecule has 0 saturated carbocycles. The van der Waals surface area contributed by atoms with E-state index in [1.807, 2.05) is 25.1 Å². The van der Waals surface area contributed by atoms with E-state index in [1.165, 1.54) is 11.1 Å². The van der Waals surface area contributed by atoms with Crippen LogP contribution in [0.1, 0.15) is 36.0 Å². The van der Waals surface area contributed by atoms with Crippen molar-refractivity contribution in [1.82, 2.24) is 10.9 Å². The van der Waals surface area contributed by atoms with Gasteiger partial charge in [0.25, 0.3) is 0 Å². The second-order valence-electron chi connectivity index (χ2n) is 5.83. The summed E-state index contributed by atoms with van der Waals surface area (Å²) in [6.07, 6.45) is 1.46. The fourth-order valence-corrected chi connectivity index (χ4v) is 2.84. The van der Waals surface area contributed by atoms with Crippen LogP contribution in [-0.4, -0.2) is 12.5 Å². The molecular formula is C19H22N2O2. The van der Waals surface area contributed by atoms with Gasteiger partial charge in [0.1, 0.15) is 5.75 Å². The normalized spacial score (nSPS) is 15.8. The molecule has 2 aromatic rings. The van der Waals surface area contributed by atoms with Crippen molar-refractivity contribution in [2.75, 3.05) is 6.61 Å². The largest absolute Gasteiger partial charge is 0.493 e. The quantitative estimate of drug-likeness (QED) is 0.807. The molecule has 23 heavy (non-hydrogen) atoms. The first kappa shape index (κ1) is 15.6. The van der Waals surface area contributed by atoms with Crippen LogP contribution in [0.25, 0.3) is 0 Å². The molecule has 2 aromatic carbocycles. The molecule has 3 rings (SSSR count). The van der Waals surface area contributed by atoms with Gasteiger partial charge in [-0.1, -0.05) is 49.4 Å². The van der Waals surface area contributed by atoms with Crippen LogP contribution in [-0.2, 0) is 17.8 Å². The van der Waals surface area contributed by atoms with Gasteiger partial charge in [0.2, 0.25) is 5.91 Å². The summed E-state index contributed by atoms with van der Waals surface area (Å²) in [4.78, 5) is 11.3. The first-order valence-corrected chi connectivity index (χ1v) is 8.07. The number of hydrogen-bond donors (Lipinski definition) is 2. The molecule has 0 bridgehead atoms. The Balaban J connectivity index is 1.66. The van der Waals surface area contributed by atoms with Crippen molar-refractivity contribution in [1.29, 1.82) is 0 Å². The molecule has 1 aliphatic heterocycles. The molecule has 0 radical (unpaired) electrons. The molecule has 1 aliphatic rings. The van der Waals surface area contributed by atoms with E-state index in [-0.39, 0.29) is 5.91 Å². The van der Waals surface area contributed by atoms with Crippen molar-refractivity contribution in [3.05, 3.63) is 65.2 Å². The highest BCUT2D eigenvalue weighted by molar-refractivity contribution is 5.74. The molecule has 4 nitrogen and oxygen atoms in total. The summed E-state index contributed by atoms with van der Waals surface area (Å²) < 4.78 is 5.81. The topological polar surface area (TPSA) is 50.4 Å². The maximum Gasteiger partial charge on any atom is 0.233 e. The summed E-state index contributed by atoms with van der Waals surface area (Å²) >= 11 is 0. The zero-order valence-electron chi connectivity index (χ0n) is 13.3. The lowest BCUT2D eigenvalue weighted by molar-refractivity contribution is -0.121. The molecule has 0 spiro atoms. The van der Waals surface area contributed by atoms with Gasteiger partial charge in [-0.3, -0.25) is 10.2 Å². The molecular weight excluding hydrogens is 288 g/mol. The Labute approximate surface area is 136 Å². The van der Waals surface area contributed by atoms with Crippen LogP contribution in [0.15, 0.2) is 48.5 Å². The number of fused-ring (bicyclic) bond motifs is 1. The number of ether oxygens (including phenoxy) is 1. The summed E-state index contributed by atoms with van der Waals surface area (Å²) in [6.45, 7) is 3.17. The van der Waals surface area contributed by atoms with Gasteiger partial charge < -0.3 is 4.74 Å². The van der Waals surface area contributed by atoms with Crippen LogP contribution in [0.3, 0.4) is 0 Å². The monoisotopic (exact) mass is 310 g/mol. The van der Waals surface area contributed by atoms with E-state index in [0.29, 0.717) is 18.9 Å². The summed E-state index contributed by atoms with van der Waals surface area (Å²) in [5.41, 5.74) is 9.38. The predicted molar refractivity (Wildman–Crippen MR) is 90.1 cm³/mol. The Bertz CT molecular complexity index is 670. The number of amides is 1. The second kappa shape index (κ2) is 7.29. The van der Waals surface area contributed by atoms with Crippen LogP contribution in [0.2, 0.25) is 0 Å². The fraction of sp³-hybridized carbons (Fsp3) is 0.316. The maximum absolute atomic E-state index is 11.3. The highest BCUT2D eigenvalue weighted by Gasteiger charge is 2.24. The molecule has 1 amide bonds. The third-order valence-electron chi connectivity index (χ3n) is 4.12. The number of rotatable bonds is 6. The highest BCUT2D eigenvalue weighted by atomic mass is 16.5. The van der Waals surface area contributed by atoms with E-state index in [0.717, 1.165) is 24.3 Å². The van der Waals surface area contributed by atoms with Crippen LogP contribution in [0, 0.1) is 0 Å². The number of carbonyl (C=O) groups is 1. The van der Waals surface area contributed by atoms with Crippen molar-refractivity contribution in [2.24, 2.45) is 0 Å². The number of carbonyl (C=O) groups excluding carboxylic acids is 1. The SMILES string of the molecule is CCC(=O)NNCc1ccc2c(c1)C(Cc1ccccc1)CO2. The van der Waals surface area contributed by atoms with Crippen LogP contribution < -0.4 is 15.6 Å². The third-order valence-corrected chi connectivity index (χ3v) is 4.12. The molecule has 0 aliphatic carbocycles. The molecule has 0 aromatic heterocycles. The molecule has 0 saturated heterocycles. The summed E-state index contributed by atoms with van der Waals surface area (Å²) in [7, 11) is 0. The molecule has 120 valence electrons. The Morgan fingerprint density at radius 1 is 1.17 bits per heavy atom. The van der Waals surface area contributed by atoms with Crippen LogP contribution >= 0.6 is 0 Å². The molecule has 1 heterocycles. The molecule has 2 N–H and O–H groups in total. The van der Waals surface area contributed by atoms with E-state index in [2.05, 4.69) is 41.2 Å². The van der Waals surface area contributed by atoms with Gasteiger partial charge in [0, 0.05) is 24.4 Å². The van der Waals surface area contributed by atoms with Gasteiger partial charge in [0.15, 0.2) is 0 Å². The van der Waals surface area contributed by atoms with Crippen molar-refractivity contribution in [2.45, 2.75) is 32.2 Å². The molecule has 1 unspecified atom stereocenters. The van der Waals surface area contributed by atoms with E-state index in [9.17, 15) is 4.79 Å². The van der Waals surface area contributed by atoms with Gasteiger partial charge in [-0.05, 0) is 23.6 Å². The number of nitrogens with one attached hydrogen (secondary N) is 2. The molecule has 0 fully saturated rings. The summed E-state index contributed by atoms with van der Waals surface area (Å²) in [5, 5.41) is 0. The minimum absolute atomic E-state index is 0.00329. The Hall–Kier alpha value is -2.33. The Kier molecular flexibility index (Phi) is 4.93. The standard InChI is InChI=1S/C19H22N2O2/c1-2-19(22)21-20-12-15-8-9-18-17(11-15)16(13-23-18)10-14-6-4-3-5-7-14/h3-9,11,16,20H,2,10,12-13H2,1H3,(H,21,22). The molecule has 4 heteroatoms. The zero-order chi connectivity index (χ0) is 16.1. The van der Waals surface area contributed by atoms with E-state index >= 15 is 0 Å². The minimum Gasteiger partial charge on any atom is -0.493 e. The first-order valence-electron chi connectivity index (χ1n) is 8.07. The predicted octanol–water partition coefficient (Wildman–Crippen LogP) is 2.94. The van der Waals surface area contributed by atoms with E-state index in [4.69, 9.17) is 4.74 Å². The zero-order valence-corrected chi connectivity index (χ0v) is 13.3. The first-order chi connectivity index (χ1) is 11.3. The van der Waals surface area contributed by atoms with Crippen molar-refractivity contribution in [3.63, 3.8) is 0 Å². The lowest BCUT2D eigenvalue weighted by atomic mass is 9.93. The van der Waals surface area contributed by atoms with Gasteiger partial charge in [-0.25, -0.2) is 5.43 Å². The Morgan fingerprint density at radius 3 is 2.78 bits per heavy atom. The molecule has 1 atom stereocenters.